The van der Waals surface area contributed by atoms with Gasteiger partial charge in [-0.2, -0.15) is 13.2 Å². The van der Waals surface area contributed by atoms with Crippen molar-refractivity contribution in [1.82, 2.24) is 29.6 Å². The molecule has 1 saturated heterocycles. The molecular formula is C27H26F4N8. The second-order valence-electron chi connectivity index (χ2n) is 9.78. The van der Waals surface area contributed by atoms with Gasteiger partial charge in [0, 0.05) is 55.4 Å². The highest BCUT2D eigenvalue weighted by Gasteiger charge is 2.36. The summed E-state index contributed by atoms with van der Waals surface area (Å²) in [4.78, 5) is 17.1. The zero-order valence-corrected chi connectivity index (χ0v) is 21.2. The van der Waals surface area contributed by atoms with Crippen LogP contribution in [0.2, 0.25) is 0 Å². The summed E-state index contributed by atoms with van der Waals surface area (Å²) in [5, 5.41) is 6.66. The van der Waals surface area contributed by atoms with Crippen molar-refractivity contribution in [3.8, 4) is 16.9 Å². The molecule has 1 aliphatic carbocycles. The summed E-state index contributed by atoms with van der Waals surface area (Å²) in [7, 11) is 0. The van der Waals surface area contributed by atoms with Crippen LogP contribution < -0.4 is 10.2 Å². The van der Waals surface area contributed by atoms with Crippen molar-refractivity contribution in [1.29, 1.82) is 0 Å². The van der Waals surface area contributed by atoms with Crippen LogP contribution in [0.3, 0.4) is 0 Å². The van der Waals surface area contributed by atoms with Gasteiger partial charge >= 0.3 is 6.18 Å². The van der Waals surface area contributed by atoms with Crippen LogP contribution in [0.25, 0.3) is 16.9 Å². The van der Waals surface area contributed by atoms with Crippen molar-refractivity contribution in [2.24, 2.45) is 0 Å². The lowest BCUT2D eigenvalue weighted by Crippen LogP contribution is -2.47. The van der Waals surface area contributed by atoms with Gasteiger partial charge in [0.05, 0.1) is 11.4 Å². The summed E-state index contributed by atoms with van der Waals surface area (Å²) < 4.78 is 54.6. The van der Waals surface area contributed by atoms with Crippen LogP contribution in [0.1, 0.15) is 24.5 Å². The highest BCUT2D eigenvalue weighted by Crippen LogP contribution is 2.31. The minimum Gasteiger partial charge on any atom is -0.369 e. The smallest absolute Gasteiger partial charge is 0.369 e. The molecule has 202 valence electrons. The van der Waals surface area contributed by atoms with Gasteiger partial charge in [-0.3, -0.25) is 4.90 Å². The van der Waals surface area contributed by atoms with E-state index in [1.165, 1.54) is 25.8 Å². The number of rotatable bonds is 6. The zero-order chi connectivity index (χ0) is 27.1. The molecule has 39 heavy (non-hydrogen) atoms. The van der Waals surface area contributed by atoms with Crippen LogP contribution in [0, 0.1) is 12.7 Å². The Bertz CT molecular complexity index is 1470. The number of aromatic nitrogens is 5. The molecule has 2 fully saturated rings. The topological polar surface area (TPSA) is 75.0 Å². The molecule has 0 radical (unpaired) electrons. The minimum atomic E-state index is -4.62. The molecule has 0 bridgehead atoms. The molecule has 2 aromatic heterocycles. The number of nitrogens with zero attached hydrogens (tertiary/aromatic N) is 7. The van der Waals surface area contributed by atoms with Gasteiger partial charge in [0.1, 0.15) is 11.6 Å². The van der Waals surface area contributed by atoms with E-state index in [-0.39, 0.29) is 11.6 Å². The van der Waals surface area contributed by atoms with Crippen molar-refractivity contribution >= 4 is 17.3 Å². The Morgan fingerprint density at radius 1 is 0.897 bits per heavy atom. The van der Waals surface area contributed by atoms with Gasteiger partial charge in [0.25, 0.3) is 5.82 Å². The summed E-state index contributed by atoms with van der Waals surface area (Å²) in [6.45, 7) is 5.14. The Morgan fingerprint density at radius 3 is 2.31 bits per heavy atom. The minimum absolute atomic E-state index is 0.123. The van der Waals surface area contributed by atoms with Crippen molar-refractivity contribution in [3.63, 3.8) is 0 Å². The number of piperazine rings is 1. The van der Waals surface area contributed by atoms with Crippen molar-refractivity contribution in [3.05, 3.63) is 72.2 Å². The molecule has 0 amide bonds. The molecule has 0 unspecified atom stereocenters. The van der Waals surface area contributed by atoms with Crippen molar-refractivity contribution in [2.75, 3.05) is 36.4 Å². The molecule has 1 N–H and O–H groups in total. The predicted molar refractivity (Wildman–Crippen MR) is 139 cm³/mol. The molecule has 12 heteroatoms. The third-order valence-corrected chi connectivity index (χ3v) is 6.97. The second kappa shape index (κ2) is 9.92. The number of benzene rings is 2. The van der Waals surface area contributed by atoms with Gasteiger partial charge in [-0.15, -0.1) is 5.10 Å². The highest BCUT2D eigenvalue weighted by atomic mass is 19.4. The van der Waals surface area contributed by atoms with E-state index in [9.17, 15) is 17.6 Å². The number of halogens is 4. The Labute approximate surface area is 222 Å². The lowest BCUT2D eigenvalue weighted by Gasteiger charge is -2.36. The average Bonchev–Trinajstić information content (AvgIpc) is 3.69. The first kappa shape index (κ1) is 25.2. The third kappa shape index (κ3) is 5.56. The molecule has 2 aliphatic rings. The van der Waals surface area contributed by atoms with Gasteiger partial charge < -0.3 is 10.2 Å². The second-order valence-corrected chi connectivity index (χ2v) is 9.78. The molecule has 1 saturated carbocycles. The van der Waals surface area contributed by atoms with Gasteiger partial charge in [0.15, 0.2) is 0 Å². The maximum atomic E-state index is 14.6. The Kier molecular flexibility index (Phi) is 6.42. The average molecular weight is 539 g/mol. The summed E-state index contributed by atoms with van der Waals surface area (Å²) in [5.74, 6) is -1.08. The normalized spacial score (nSPS) is 16.5. The molecule has 6 rings (SSSR count). The fourth-order valence-electron chi connectivity index (χ4n) is 4.84. The quantitative estimate of drug-likeness (QED) is 0.338. The highest BCUT2D eigenvalue weighted by molar-refractivity contribution is 5.67. The van der Waals surface area contributed by atoms with E-state index < -0.39 is 12.0 Å². The van der Waals surface area contributed by atoms with Gasteiger partial charge in [-0.25, -0.2) is 24.0 Å². The Morgan fingerprint density at radius 2 is 1.64 bits per heavy atom. The van der Waals surface area contributed by atoms with E-state index in [2.05, 4.69) is 35.2 Å². The number of aryl methyl sites for hydroxylation is 1. The van der Waals surface area contributed by atoms with Crippen LogP contribution in [-0.4, -0.2) is 61.9 Å². The lowest BCUT2D eigenvalue weighted by atomic mass is 10.1. The van der Waals surface area contributed by atoms with Gasteiger partial charge in [-0.1, -0.05) is 0 Å². The summed E-state index contributed by atoms with van der Waals surface area (Å²) in [5.41, 5.74) is 3.11. The molecular weight excluding hydrogens is 512 g/mol. The van der Waals surface area contributed by atoms with E-state index in [0.717, 1.165) is 42.6 Å². The molecule has 4 aromatic rings. The maximum absolute atomic E-state index is 14.6. The van der Waals surface area contributed by atoms with E-state index in [0.29, 0.717) is 28.6 Å². The van der Waals surface area contributed by atoms with E-state index >= 15 is 0 Å². The number of nitrogens with one attached hydrogen (secondary N) is 1. The molecule has 2 aromatic carbocycles. The molecule has 0 atom stereocenters. The summed E-state index contributed by atoms with van der Waals surface area (Å²) in [6, 6.07) is 14.0. The fourth-order valence-corrected chi connectivity index (χ4v) is 4.84. The van der Waals surface area contributed by atoms with Gasteiger partial charge in [-0.05, 0) is 68.3 Å². The number of hydrogen-bond donors (Lipinski definition) is 1. The third-order valence-electron chi connectivity index (χ3n) is 6.97. The fraction of sp³-hybridized carbons (Fsp3) is 0.333. The number of anilines is 3. The summed E-state index contributed by atoms with van der Waals surface area (Å²) in [6.07, 6.45) is -0.464. The summed E-state index contributed by atoms with van der Waals surface area (Å²) >= 11 is 0. The predicted octanol–water partition coefficient (Wildman–Crippen LogP) is 5.22. The number of alkyl halides is 3. The lowest BCUT2D eigenvalue weighted by molar-refractivity contribution is -0.144. The van der Waals surface area contributed by atoms with E-state index in [1.807, 2.05) is 6.07 Å². The number of hydrogen-bond acceptors (Lipinski definition) is 7. The standard InChI is InChI=1S/C27H26F4N8/c1-17-33-25(27(29,30)31)36-39(17)22-4-2-20(3-5-22)34-26-32-9-8-24(35-26)18-14-19(28)16-23(15-18)38-12-10-37(11-13-38)21-6-7-21/h2-5,8-9,14-16,21H,6-7,10-13H2,1H3,(H,32,34,35). The van der Waals surface area contributed by atoms with Crippen LogP contribution in [-0.2, 0) is 6.18 Å². The van der Waals surface area contributed by atoms with Crippen LogP contribution in [0.15, 0.2) is 54.7 Å². The molecule has 0 spiro atoms. The van der Waals surface area contributed by atoms with E-state index in [4.69, 9.17) is 0 Å². The van der Waals surface area contributed by atoms with Crippen LogP contribution in [0.5, 0.6) is 0 Å². The van der Waals surface area contributed by atoms with Crippen LogP contribution in [0.4, 0.5) is 34.9 Å². The van der Waals surface area contributed by atoms with E-state index in [1.54, 1.807) is 42.6 Å². The monoisotopic (exact) mass is 538 g/mol. The van der Waals surface area contributed by atoms with Gasteiger partial charge in [0.2, 0.25) is 5.95 Å². The molecule has 8 nitrogen and oxygen atoms in total. The molecule has 3 heterocycles. The van der Waals surface area contributed by atoms with Crippen LogP contribution >= 0.6 is 0 Å². The van der Waals surface area contributed by atoms with Crippen molar-refractivity contribution in [2.45, 2.75) is 32.0 Å². The SMILES string of the molecule is Cc1nc(C(F)(F)F)nn1-c1ccc(Nc2nccc(-c3cc(F)cc(N4CCN(C5CC5)CC4)c3)n2)cc1. The maximum Gasteiger partial charge on any atom is 0.453 e. The first-order valence-electron chi connectivity index (χ1n) is 12.7. The Hall–Kier alpha value is -4.06. The first-order chi connectivity index (χ1) is 18.7. The first-order valence-corrected chi connectivity index (χ1v) is 12.7. The molecule has 1 aliphatic heterocycles. The largest absolute Gasteiger partial charge is 0.453 e. The Balaban J connectivity index is 1.17. The van der Waals surface area contributed by atoms with Crippen molar-refractivity contribution < 1.29 is 17.6 Å². The zero-order valence-electron chi connectivity index (χ0n) is 21.2.